The Bertz CT molecular complexity index is 538. The predicted octanol–water partition coefficient (Wildman–Crippen LogP) is 3.96. The molecule has 120 valence electrons. The molecule has 1 aromatic heterocycles. The lowest BCUT2D eigenvalue weighted by molar-refractivity contribution is -0.116. The molecule has 4 aliphatic rings. The first-order chi connectivity index (χ1) is 10.7. The zero-order chi connectivity index (χ0) is 15.2. The number of carbonyl (C=O) groups is 1. The molecule has 1 amide bonds. The van der Waals surface area contributed by atoms with Gasteiger partial charge in [-0.1, -0.05) is 11.3 Å². The third-order valence-electron chi connectivity index (χ3n) is 5.70. The average molecular weight is 340 g/mol. The van der Waals surface area contributed by atoms with Gasteiger partial charge >= 0.3 is 0 Å². The highest BCUT2D eigenvalue weighted by Gasteiger charge is 2.53. The van der Waals surface area contributed by atoms with Crippen molar-refractivity contribution in [3.05, 3.63) is 5.01 Å². The molecule has 4 aliphatic carbocycles. The van der Waals surface area contributed by atoms with E-state index in [4.69, 9.17) is 11.6 Å². The van der Waals surface area contributed by atoms with E-state index in [0.717, 1.165) is 17.8 Å². The Labute approximate surface area is 140 Å². The maximum Gasteiger partial charge on any atom is 0.226 e. The number of nitrogens with one attached hydrogen (secondary N) is 1. The molecule has 5 rings (SSSR count). The van der Waals surface area contributed by atoms with E-state index in [1.807, 2.05) is 0 Å². The highest BCUT2D eigenvalue weighted by atomic mass is 35.5. The summed E-state index contributed by atoms with van der Waals surface area (Å²) in [5, 5.41) is 13.4. The van der Waals surface area contributed by atoms with Gasteiger partial charge in [-0.15, -0.1) is 21.8 Å². The van der Waals surface area contributed by atoms with Gasteiger partial charge < -0.3 is 5.32 Å². The monoisotopic (exact) mass is 339 g/mol. The van der Waals surface area contributed by atoms with Crippen LogP contribution in [0.4, 0.5) is 5.13 Å². The van der Waals surface area contributed by atoms with E-state index >= 15 is 0 Å². The fourth-order valence-electron chi connectivity index (χ4n) is 5.27. The van der Waals surface area contributed by atoms with Crippen LogP contribution in [-0.2, 0) is 10.2 Å². The summed E-state index contributed by atoms with van der Waals surface area (Å²) in [6.45, 7) is 0. The first-order valence-electron chi connectivity index (χ1n) is 8.37. The van der Waals surface area contributed by atoms with Gasteiger partial charge in [0.15, 0.2) is 0 Å². The summed E-state index contributed by atoms with van der Waals surface area (Å²) < 4.78 is 0. The number of hydrogen-bond donors (Lipinski definition) is 1. The Morgan fingerprint density at radius 1 is 1.18 bits per heavy atom. The molecule has 0 atom stereocenters. The first kappa shape index (κ1) is 14.9. The predicted molar refractivity (Wildman–Crippen MR) is 88.3 cm³/mol. The minimum atomic E-state index is -0.00568. The highest BCUT2D eigenvalue weighted by Crippen LogP contribution is 2.61. The summed E-state index contributed by atoms with van der Waals surface area (Å²) >= 11 is 7.22. The Morgan fingerprint density at radius 3 is 2.41 bits per heavy atom. The number of hydrogen-bond acceptors (Lipinski definition) is 4. The van der Waals surface area contributed by atoms with Crippen LogP contribution < -0.4 is 5.32 Å². The van der Waals surface area contributed by atoms with Crippen LogP contribution in [0.5, 0.6) is 0 Å². The number of halogens is 1. The molecular weight excluding hydrogens is 318 g/mol. The van der Waals surface area contributed by atoms with Crippen molar-refractivity contribution in [2.45, 2.75) is 56.8 Å². The summed E-state index contributed by atoms with van der Waals surface area (Å²) in [5.74, 6) is 3.21. The molecule has 0 saturated heterocycles. The lowest BCUT2D eigenvalue weighted by Crippen LogP contribution is -2.48. The summed E-state index contributed by atoms with van der Waals surface area (Å²) in [6, 6.07) is 0. The lowest BCUT2D eigenvalue weighted by atomic mass is 9.50. The summed E-state index contributed by atoms with van der Waals surface area (Å²) in [4.78, 5) is 11.8. The second kappa shape index (κ2) is 5.75. The van der Waals surface area contributed by atoms with Crippen LogP contribution in [0.2, 0.25) is 0 Å². The van der Waals surface area contributed by atoms with Gasteiger partial charge in [0.05, 0.1) is 0 Å². The van der Waals surface area contributed by atoms with Gasteiger partial charge in [-0.25, -0.2) is 0 Å². The van der Waals surface area contributed by atoms with Crippen LogP contribution in [0.25, 0.3) is 0 Å². The Balaban J connectivity index is 1.48. The van der Waals surface area contributed by atoms with Gasteiger partial charge in [-0.2, -0.15) is 0 Å². The molecule has 0 radical (unpaired) electrons. The van der Waals surface area contributed by atoms with Crippen molar-refractivity contribution >= 4 is 34.0 Å². The van der Waals surface area contributed by atoms with Crippen LogP contribution >= 0.6 is 22.9 Å². The fraction of sp³-hybridized carbons (Fsp3) is 0.812. The largest absolute Gasteiger partial charge is 0.301 e. The molecule has 0 spiro atoms. The molecule has 0 aromatic carbocycles. The molecule has 1 heterocycles. The molecular formula is C16H22ClN3OS. The molecule has 1 N–H and O–H groups in total. The van der Waals surface area contributed by atoms with Gasteiger partial charge in [-0.05, 0) is 62.7 Å². The van der Waals surface area contributed by atoms with Crippen molar-refractivity contribution in [1.82, 2.24) is 10.2 Å². The number of amides is 1. The Morgan fingerprint density at radius 2 is 1.82 bits per heavy atom. The van der Waals surface area contributed by atoms with Crippen LogP contribution in [0, 0.1) is 17.8 Å². The van der Waals surface area contributed by atoms with Crippen molar-refractivity contribution in [3.8, 4) is 0 Å². The van der Waals surface area contributed by atoms with E-state index in [1.165, 1.54) is 43.5 Å². The van der Waals surface area contributed by atoms with Crippen molar-refractivity contribution in [2.75, 3.05) is 11.2 Å². The minimum absolute atomic E-state index is 0.00568. The average Bonchev–Trinajstić information content (AvgIpc) is 2.93. The number of carbonyl (C=O) groups excluding carboxylic acids is 1. The zero-order valence-electron chi connectivity index (χ0n) is 12.7. The minimum Gasteiger partial charge on any atom is -0.301 e. The number of rotatable bonds is 5. The molecule has 1 aromatic rings. The third kappa shape index (κ3) is 2.67. The van der Waals surface area contributed by atoms with E-state index < -0.39 is 0 Å². The fourth-order valence-corrected chi connectivity index (χ4v) is 6.38. The van der Waals surface area contributed by atoms with Gasteiger partial charge in [0.1, 0.15) is 5.01 Å². The smallest absolute Gasteiger partial charge is 0.226 e. The maximum atomic E-state index is 11.8. The molecule has 4 fully saturated rings. The standard InChI is InChI=1S/C16H22ClN3OS/c17-3-1-2-13(21)18-15-20-19-14(22-15)16-7-10-4-11(8-16)6-12(5-10)9-16/h10-12H,1-9H2,(H,18,20,21). The van der Waals surface area contributed by atoms with Crippen molar-refractivity contribution in [1.29, 1.82) is 0 Å². The van der Waals surface area contributed by atoms with E-state index in [2.05, 4.69) is 15.5 Å². The van der Waals surface area contributed by atoms with Crippen molar-refractivity contribution in [2.24, 2.45) is 17.8 Å². The van der Waals surface area contributed by atoms with Gasteiger partial charge in [0.2, 0.25) is 11.0 Å². The second-order valence-corrected chi connectivity index (χ2v) is 8.81. The third-order valence-corrected chi connectivity index (χ3v) is 7.05. The van der Waals surface area contributed by atoms with Crippen molar-refractivity contribution in [3.63, 3.8) is 0 Å². The SMILES string of the molecule is O=C(CCCCl)Nc1nnc(C23CC4CC(CC(C4)C2)C3)s1. The summed E-state index contributed by atoms with van der Waals surface area (Å²) in [5.41, 5.74) is 0.269. The lowest BCUT2D eigenvalue weighted by Gasteiger charge is -2.55. The maximum absolute atomic E-state index is 11.8. The molecule has 22 heavy (non-hydrogen) atoms. The van der Waals surface area contributed by atoms with E-state index in [-0.39, 0.29) is 11.3 Å². The molecule has 0 unspecified atom stereocenters. The number of anilines is 1. The van der Waals surface area contributed by atoms with E-state index in [9.17, 15) is 4.79 Å². The van der Waals surface area contributed by atoms with Crippen LogP contribution in [0.15, 0.2) is 0 Å². The van der Waals surface area contributed by atoms with Crippen LogP contribution in [0.1, 0.15) is 56.4 Å². The summed E-state index contributed by atoms with van der Waals surface area (Å²) in [6.07, 6.45) is 9.31. The van der Waals surface area contributed by atoms with Gasteiger partial charge in [-0.3, -0.25) is 4.79 Å². The molecule has 0 aliphatic heterocycles. The number of aromatic nitrogens is 2. The second-order valence-electron chi connectivity index (χ2n) is 7.45. The number of alkyl halides is 1. The van der Waals surface area contributed by atoms with E-state index in [1.54, 1.807) is 11.3 Å². The normalized spacial score (nSPS) is 35.8. The number of nitrogens with zero attached hydrogens (tertiary/aromatic N) is 2. The molecule has 4 nitrogen and oxygen atoms in total. The van der Waals surface area contributed by atoms with Crippen LogP contribution in [-0.4, -0.2) is 22.0 Å². The first-order valence-corrected chi connectivity index (χ1v) is 9.72. The van der Waals surface area contributed by atoms with Gasteiger partial charge in [0.25, 0.3) is 0 Å². The summed E-state index contributed by atoms with van der Waals surface area (Å²) in [7, 11) is 0. The molecule has 4 bridgehead atoms. The Hall–Kier alpha value is -0.680. The Kier molecular flexibility index (Phi) is 3.89. The quantitative estimate of drug-likeness (QED) is 0.826. The van der Waals surface area contributed by atoms with E-state index in [0.29, 0.717) is 23.9 Å². The van der Waals surface area contributed by atoms with Crippen LogP contribution in [0.3, 0.4) is 0 Å². The molecule has 6 heteroatoms. The topological polar surface area (TPSA) is 54.9 Å². The zero-order valence-corrected chi connectivity index (χ0v) is 14.3. The van der Waals surface area contributed by atoms with Crippen molar-refractivity contribution < 1.29 is 4.79 Å². The van der Waals surface area contributed by atoms with Gasteiger partial charge in [0, 0.05) is 17.7 Å². The highest BCUT2D eigenvalue weighted by molar-refractivity contribution is 7.15. The molecule has 4 saturated carbocycles.